The van der Waals surface area contributed by atoms with Gasteiger partial charge in [0.1, 0.15) is 5.16 Å². The van der Waals surface area contributed by atoms with E-state index in [1.165, 1.54) is 11.1 Å². The molecule has 1 aromatic rings. The SMILES string of the molecule is C=C(Cl)N=Cc1cc(C)cc(C)c1. The Morgan fingerprint density at radius 1 is 1.31 bits per heavy atom. The lowest BCUT2D eigenvalue weighted by Crippen LogP contribution is -1.85. The molecule has 0 N–H and O–H groups in total. The van der Waals surface area contributed by atoms with E-state index in [-0.39, 0.29) is 0 Å². The van der Waals surface area contributed by atoms with Crippen molar-refractivity contribution in [3.63, 3.8) is 0 Å². The topological polar surface area (TPSA) is 12.4 Å². The van der Waals surface area contributed by atoms with Gasteiger partial charge in [0.15, 0.2) is 0 Å². The summed E-state index contributed by atoms with van der Waals surface area (Å²) in [5, 5.41) is 0.305. The average molecular weight is 194 g/mol. The molecule has 0 fully saturated rings. The molecule has 0 atom stereocenters. The fourth-order valence-corrected chi connectivity index (χ4v) is 1.28. The Kier molecular flexibility index (Phi) is 3.26. The zero-order chi connectivity index (χ0) is 9.84. The number of hydrogen-bond donors (Lipinski definition) is 0. The molecule has 0 aromatic heterocycles. The van der Waals surface area contributed by atoms with Gasteiger partial charge in [-0.15, -0.1) is 0 Å². The molecule has 1 aromatic carbocycles. The summed E-state index contributed by atoms with van der Waals surface area (Å²) in [4.78, 5) is 3.92. The third-order valence-corrected chi connectivity index (χ3v) is 1.70. The zero-order valence-electron chi connectivity index (χ0n) is 7.84. The number of nitrogens with zero attached hydrogens (tertiary/aromatic N) is 1. The summed E-state index contributed by atoms with van der Waals surface area (Å²) in [6.07, 6.45) is 1.72. The molecule has 1 rings (SSSR count). The van der Waals surface area contributed by atoms with Gasteiger partial charge in [-0.2, -0.15) is 0 Å². The summed E-state index contributed by atoms with van der Waals surface area (Å²) < 4.78 is 0. The molecule has 0 bridgehead atoms. The van der Waals surface area contributed by atoms with Crippen molar-refractivity contribution in [3.8, 4) is 0 Å². The van der Waals surface area contributed by atoms with Crippen molar-refractivity contribution in [1.82, 2.24) is 0 Å². The van der Waals surface area contributed by atoms with Gasteiger partial charge in [0.25, 0.3) is 0 Å². The second-order valence-electron chi connectivity index (χ2n) is 3.06. The molecule has 0 aliphatic carbocycles. The smallest absolute Gasteiger partial charge is 0.121 e. The Balaban J connectivity index is 2.95. The molecule has 0 amide bonds. The maximum absolute atomic E-state index is 5.51. The molecule has 68 valence electrons. The van der Waals surface area contributed by atoms with E-state index in [0.717, 1.165) is 5.56 Å². The lowest BCUT2D eigenvalue weighted by atomic mass is 10.1. The number of aryl methyl sites for hydroxylation is 2. The van der Waals surface area contributed by atoms with Crippen LogP contribution in [0.5, 0.6) is 0 Å². The van der Waals surface area contributed by atoms with Crippen LogP contribution in [0.15, 0.2) is 34.9 Å². The van der Waals surface area contributed by atoms with Gasteiger partial charge in [0.05, 0.1) is 0 Å². The molecule has 0 radical (unpaired) electrons. The van der Waals surface area contributed by atoms with Gasteiger partial charge in [0.2, 0.25) is 0 Å². The van der Waals surface area contributed by atoms with E-state index in [1.54, 1.807) is 6.21 Å². The van der Waals surface area contributed by atoms with E-state index in [2.05, 4.69) is 43.6 Å². The molecule has 0 spiro atoms. The molecular formula is C11H12ClN. The Hall–Kier alpha value is -1.08. The fourth-order valence-electron chi connectivity index (χ4n) is 1.23. The van der Waals surface area contributed by atoms with E-state index in [9.17, 15) is 0 Å². The molecule has 0 heterocycles. The predicted molar refractivity (Wildman–Crippen MR) is 58.5 cm³/mol. The van der Waals surface area contributed by atoms with E-state index in [0.29, 0.717) is 5.16 Å². The highest BCUT2D eigenvalue weighted by Crippen LogP contribution is 2.07. The highest BCUT2D eigenvalue weighted by Gasteiger charge is 1.92. The van der Waals surface area contributed by atoms with Gasteiger partial charge in [0, 0.05) is 6.21 Å². The number of rotatable bonds is 2. The molecule has 0 aliphatic rings. The first kappa shape index (κ1) is 10.0. The molecule has 0 unspecified atom stereocenters. The second kappa shape index (κ2) is 4.24. The van der Waals surface area contributed by atoms with Crippen LogP contribution in [0.4, 0.5) is 0 Å². The largest absolute Gasteiger partial charge is 0.245 e. The lowest BCUT2D eigenvalue weighted by Gasteiger charge is -1.98. The minimum Gasteiger partial charge on any atom is -0.245 e. The first-order valence-electron chi connectivity index (χ1n) is 4.05. The van der Waals surface area contributed by atoms with Gasteiger partial charge in [-0.05, 0) is 19.4 Å². The Morgan fingerprint density at radius 3 is 2.31 bits per heavy atom. The number of benzene rings is 1. The van der Waals surface area contributed by atoms with Crippen molar-refractivity contribution in [1.29, 1.82) is 0 Å². The lowest BCUT2D eigenvalue weighted by molar-refractivity contribution is 1.37. The van der Waals surface area contributed by atoms with Crippen molar-refractivity contribution in [2.45, 2.75) is 13.8 Å². The highest BCUT2D eigenvalue weighted by molar-refractivity contribution is 6.29. The summed E-state index contributed by atoms with van der Waals surface area (Å²) in [6, 6.07) is 6.22. The summed E-state index contributed by atoms with van der Waals surface area (Å²) in [5.41, 5.74) is 3.50. The van der Waals surface area contributed by atoms with Crippen LogP contribution in [0.25, 0.3) is 0 Å². The van der Waals surface area contributed by atoms with Crippen molar-refractivity contribution in [3.05, 3.63) is 46.6 Å². The van der Waals surface area contributed by atoms with E-state index >= 15 is 0 Å². The Bertz CT molecular complexity index is 333. The van der Waals surface area contributed by atoms with E-state index in [4.69, 9.17) is 11.6 Å². The maximum atomic E-state index is 5.51. The van der Waals surface area contributed by atoms with Gasteiger partial charge in [-0.1, -0.05) is 47.5 Å². The quantitative estimate of drug-likeness (QED) is 0.504. The first-order chi connectivity index (χ1) is 6.08. The monoisotopic (exact) mass is 193 g/mol. The third-order valence-electron chi connectivity index (χ3n) is 1.60. The average Bonchev–Trinajstić information content (AvgIpc) is 1.99. The fraction of sp³-hybridized carbons (Fsp3) is 0.182. The highest BCUT2D eigenvalue weighted by atomic mass is 35.5. The van der Waals surface area contributed by atoms with Gasteiger partial charge >= 0.3 is 0 Å². The number of halogens is 1. The molecule has 2 heteroatoms. The van der Waals surface area contributed by atoms with Crippen molar-refractivity contribution in [2.24, 2.45) is 4.99 Å². The zero-order valence-corrected chi connectivity index (χ0v) is 8.60. The summed E-state index contributed by atoms with van der Waals surface area (Å²) in [5.74, 6) is 0. The standard InChI is InChI=1S/C11H12ClN/c1-8-4-9(2)6-11(5-8)7-13-10(3)12/h4-7H,3H2,1-2H3. The van der Waals surface area contributed by atoms with Gasteiger partial charge < -0.3 is 0 Å². The van der Waals surface area contributed by atoms with Crippen LogP contribution in [-0.4, -0.2) is 6.21 Å². The van der Waals surface area contributed by atoms with Crippen LogP contribution < -0.4 is 0 Å². The number of aliphatic imine (C=N–C) groups is 1. The second-order valence-corrected chi connectivity index (χ2v) is 3.49. The van der Waals surface area contributed by atoms with Crippen molar-refractivity contribution < 1.29 is 0 Å². The number of hydrogen-bond acceptors (Lipinski definition) is 1. The van der Waals surface area contributed by atoms with E-state index in [1.807, 2.05) is 0 Å². The molecule has 1 nitrogen and oxygen atoms in total. The van der Waals surface area contributed by atoms with Crippen LogP contribution >= 0.6 is 11.6 Å². The van der Waals surface area contributed by atoms with Crippen LogP contribution in [-0.2, 0) is 0 Å². The van der Waals surface area contributed by atoms with Gasteiger partial charge in [-0.3, -0.25) is 0 Å². The van der Waals surface area contributed by atoms with E-state index < -0.39 is 0 Å². The van der Waals surface area contributed by atoms with Crippen LogP contribution in [0.1, 0.15) is 16.7 Å². The molecule has 0 saturated heterocycles. The third kappa shape index (κ3) is 3.43. The van der Waals surface area contributed by atoms with Crippen molar-refractivity contribution >= 4 is 17.8 Å². The van der Waals surface area contributed by atoms with Crippen LogP contribution in [0.3, 0.4) is 0 Å². The normalized spacial score (nSPS) is 10.7. The molecule has 0 aliphatic heterocycles. The van der Waals surface area contributed by atoms with Crippen LogP contribution in [0.2, 0.25) is 0 Å². The van der Waals surface area contributed by atoms with Crippen LogP contribution in [0, 0.1) is 13.8 Å². The first-order valence-corrected chi connectivity index (χ1v) is 4.42. The summed E-state index contributed by atoms with van der Waals surface area (Å²) >= 11 is 5.51. The minimum atomic E-state index is 0.305. The minimum absolute atomic E-state index is 0.305. The molecule has 0 saturated carbocycles. The maximum Gasteiger partial charge on any atom is 0.121 e. The summed E-state index contributed by atoms with van der Waals surface area (Å²) in [6.45, 7) is 7.59. The Morgan fingerprint density at radius 2 is 1.85 bits per heavy atom. The summed E-state index contributed by atoms with van der Waals surface area (Å²) in [7, 11) is 0. The molecular weight excluding hydrogens is 182 g/mol. The predicted octanol–water partition coefficient (Wildman–Crippen LogP) is 3.43. The Labute approximate surface area is 83.8 Å². The van der Waals surface area contributed by atoms with Crippen molar-refractivity contribution in [2.75, 3.05) is 0 Å². The molecule has 13 heavy (non-hydrogen) atoms. The van der Waals surface area contributed by atoms with Gasteiger partial charge in [-0.25, -0.2) is 4.99 Å².